The van der Waals surface area contributed by atoms with Gasteiger partial charge in [0.05, 0.1) is 20.3 Å². The molecule has 2 atom stereocenters. The number of rotatable bonds is 8. The summed E-state index contributed by atoms with van der Waals surface area (Å²) in [5.41, 5.74) is 0.848. The molecule has 152 valence electrons. The number of hydrogen-bond acceptors (Lipinski definition) is 4. The van der Waals surface area contributed by atoms with Gasteiger partial charge in [-0.05, 0) is 54.4 Å². The summed E-state index contributed by atoms with van der Waals surface area (Å²) in [7, 11) is 3.22. The van der Waals surface area contributed by atoms with E-state index in [1.54, 1.807) is 14.2 Å². The molecule has 29 heavy (non-hydrogen) atoms. The molecule has 0 aliphatic rings. The first-order valence-electron chi connectivity index (χ1n) is 9.73. The van der Waals surface area contributed by atoms with E-state index in [1.165, 1.54) is 0 Å². The lowest BCUT2D eigenvalue weighted by Gasteiger charge is -2.22. The van der Waals surface area contributed by atoms with Crippen LogP contribution in [-0.2, 0) is 4.79 Å². The molecule has 0 bridgehead atoms. The highest BCUT2D eigenvalue weighted by atomic mass is 16.5. The molecule has 3 rings (SSSR count). The monoisotopic (exact) mass is 393 g/mol. The normalized spacial score (nSPS) is 12.8. The van der Waals surface area contributed by atoms with E-state index in [4.69, 9.17) is 14.2 Å². The van der Waals surface area contributed by atoms with Crippen molar-refractivity contribution in [1.82, 2.24) is 5.32 Å². The second-order valence-electron chi connectivity index (χ2n) is 6.86. The maximum Gasteiger partial charge on any atom is 0.261 e. The van der Waals surface area contributed by atoms with Crippen LogP contribution in [0.4, 0.5) is 0 Å². The second kappa shape index (κ2) is 9.32. The minimum Gasteiger partial charge on any atom is -0.497 e. The highest BCUT2D eigenvalue weighted by Gasteiger charge is 2.22. The summed E-state index contributed by atoms with van der Waals surface area (Å²) < 4.78 is 16.7. The molecule has 0 heterocycles. The molecule has 0 unspecified atom stereocenters. The smallest absolute Gasteiger partial charge is 0.261 e. The predicted octanol–water partition coefficient (Wildman–Crippen LogP) is 4.89. The Morgan fingerprint density at radius 1 is 0.931 bits per heavy atom. The van der Waals surface area contributed by atoms with Crippen molar-refractivity contribution in [2.75, 3.05) is 14.2 Å². The lowest BCUT2D eigenvalue weighted by atomic mass is 10.1. The van der Waals surface area contributed by atoms with E-state index in [-0.39, 0.29) is 11.9 Å². The molecule has 0 saturated carbocycles. The summed E-state index contributed by atoms with van der Waals surface area (Å²) in [5.74, 6) is 1.92. The summed E-state index contributed by atoms with van der Waals surface area (Å²) in [6, 6.07) is 19.2. The largest absolute Gasteiger partial charge is 0.497 e. The van der Waals surface area contributed by atoms with Gasteiger partial charge in [0.2, 0.25) is 0 Å². The van der Waals surface area contributed by atoms with Crippen molar-refractivity contribution >= 4 is 16.7 Å². The summed E-state index contributed by atoms with van der Waals surface area (Å²) in [6.45, 7) is 3.85. The molecule has 0 aromatic heterocycles. The molecule has 3 aromatic rings. The standard InChI is InChI=1S/C24H27NO4/c1-5-22(29-20-11-10-17-8-6-7-9-18(17)14-20)24(26)25-16(2)21-15-19(27-3)12-13-23(21)28-4/h6-16,22H,5H2,1-4H3,(H,25,26)/t16-,22-/m0/s1. The predicted molar refractivity (Wildman–Crippen MR) is 115 cm³/mol. The molecule has 3 aromatic carbocycles. The number of nitrogens with one attached hydrogen (secondary N) is 1. The zero-order valence-electron chi connectivity index (χ0n) is 17.3. The van der Waals surface area contributed by atoms with Crippen LogP contribution in [0.25, 0.3) is 10.8 Å². The third-order valence-electron chi connectivity index (χ3n) is 4.92. The highest BCUT2D eigenvalue weighted by Crippen LogP contribution is 2.29. The average molecular weight is 393 g/mol. The number of ether oxygens (including phenoxy) is 3. The van der Waals surface area contributed by atoms with Gasteiger partial charge in [-0.2, -0.15) is 0 Å². The Labute approximate surface area is 171 Å². The van der Waals surface area contributed by atoms with Crippen LogP contribution in [0.1, 0.15) is 31.9 Å². The van der Waals surface area contributed by atoms with Gasteiger partial charge in [0.1, 0.15) is 17.2 Å². The molecule has 0 spiro atoms. The fourth-order valence-corrected chi connectivity index (χ4v) is 3.29. The average Bonchev–Trinajstić information content (AvgIpc) is 2.76. The van der Waals surface area contributed by atoms with Gasteiger partial charge in [-0.25, -0.2) is 0 Å². The summed E-state index contributed by atoms with van der Waals surface area (Å²) in [6.07, 6.45) is -0.0316. The Bertz CT molecular complexity index is 986. The lowest BCUT2D eigenvalue weighted by Crippen LogP contribution is -2.39. The van der Waals surface area contributed by atoms with Crippen LogP contribution in [0.5, 0.6) is 17.2 Å². The van der Waals surface area contributed by atoms with E-state index in [0.717, 1.165) is 16.3 Å². The zero-order valence-corrected chi connectivity index (χ0v) is 17.3. The van der Waals surface area contributed by atoms with Gasteiger partial charge < -0.3 is 19.5 Å². The Morgan fingerprint density at radius 2 is 1.66 bits per heavy atom. The van der Waals surface area contributed by atoms with Gasteiger partial charge in [0.15, 0.2) is 6.10 Å². The quantitative estimate of drug-likeness (QED) is 0.592. The molecule has 5 nitrogen and oxygen atoms in total. The highest BCUT2D eigenvalue weighted by molar-refractivity contribution is 5.84. The molecule has 0 radical (unpaired) electrons. The van der Waals surface area contributed by atoms with Crippen molar-refractivity contribution in [3.8, 4) is 17.2 Å². The molecule has 1 N–H and O–H groups in total. The van der Waals surface area contributed by atoms with Gasteiger partial charge in [-0.3, -0.25) is 4.79 Å². The van der Waals surface area contributed by atoms with Crippen LogP contribution in [0.3, 0.4) is 0 Å². The van der Waals surface area contributed by atoms with E-state index < -0.39 is 6.10 Å². The van der Waals surface area contributed by atoms with Gasteiger partial charge in [-0.15, -0.1) is 0 Å². The first-order valence-corrected chi connectivity index (χ1v) is 9.73. The molecule has 0 saturated heterocycles. The number of amides is 1. The molecule has 1 amide bonds. The third-order valence-corrected chi connectivity index (χ3v) is 4.92. The number of benzene rings is 3. The molecular weight excluding hydrogens is 366 g/mol. The number of hydrogen-bond donors (Lipinski definition) is 1. The minimum absolute atomic E-state index is 0.168. The fourth-order valence-electron chi connectivity index (χ4n) is 3.29. The van der Waals surface area contributed by atoms with Crippen molar-refractivity contribution in [3.63, 3.8) is 0 Å². The number of carbonyl (C=O) groups is 1. The number of carbonyl (C=O) groups excluding carboxylic acids is 1. The summed E-state index contributed by atoms with van der Waals surface area (Å²) in [5, 5.41) is 5.24. The Morgan fingerprint density at radius 3 is 2.34 bits per heavy atom. The van der Waals surface area contributed by atoms with Crippen LogP contribution >= 0.6 is 0 Å². The Balaban J connectivity index is 1.73. The van der Waals surface area contributed by atoms with Crippen LogP contribution in [0, 0.1) is 0 Å². The first-order chi connectivity index (χ1) is 14.0. The minimum atomic E-state index is -0.588. The van der Waals surface area contributed by atoms with Crippen LogP contribution in [0.2, 0.25) is 0 Å². The van der Waals surface area contributed by atoms with E-state index in [0.29, 0.717) is 23.7 Å². The van der Waals surface area contributed by atoms with Gasteiger partial charge in [0.25, 0.3) is 5.91 Å². The van der Waals surface area contributed by atoms with E-state index in [2.05, 4.69) is 5.32 Å². The fraction of sp³-hybridized carbons (Fsp3) is 0.292. The van der Waals surface area contributed by atoms with Crippen molar-refractivity contribution in [1.29, 1.82) is 0 Å². The third kappa shape index (κ3) is 4.80. The molecule has 5 heteroatoms. The van der Waals surface area contributed by atoms with Crippen molar-refractivity contribution < 1.29 is 19.0 Å². The molecule has 0 aliphatic carbocycles. The van der Waals surface area contributed by atoms with Crippen molar-refractivity contribution in [3.05, 3.63) is 66.2 Å². The molecule has 0 fully saturated rings. The zero-order chi connectivity index (χ0) is 20.8. The summed E-state index contributed by atoms with van der Waals surface area (Å²) in [4.78, 5) is 12.9. The maximum absolute atomic E-state index is 12.9. The molecule has 0 aliphatic heterocycles. The second-order valence-corrected chi connectivity index (χ2v) is 6.86. The van der Waals surface area contributed by atoms with Crippen LogP contribution in [-0.4, -0.2) is 26.2 Å². The maximum atomic E-state index is 12.9. The van der Waals surface area contributed by atoms with E-state index >= 15 is 0 Å². The van der Waals surface area contributed by atoms with Gasteiger partial charge in [-0.1, -0.05) is 37.3 Å². The number of fused-ring (bicyclic) bond motifs is 1. The van der Waals surface area contributed by atoms with Crippen molar-refractivity contribution in [2.45, 2.75) is 32.4 Å². The van der Waals surface area contributed by atoms with Gasteiger partial charge >= 0.3 is 0 Å². The van der Waals surface area contributed by atoms with Crippen LogP contribution < -0.4 is 19.5 Å². The lowest BCUT2D eigenvalue weighted by molar-refractivity contribution is -0.128. The molecular formula is C24H27NO4. The van der Waals surface area contributed by atoms with Crippen molar-refractivity contribution in [2.24, 2.45) is 0 Å². The Kier molecular flexibility index (Phi) is 6.60. The first kappa shape index (κ1) is 20.5. The topological polar surface area (TPSA) is 56.8 Å². The Hall–Kier alpha value is -3.21. The van der Waals surface area contributed by atoms with E-state index in [1.807, 2.05) is 74.5 Å². The van der Waals surface area contributed by atoms with Crippen LogP contribution in [0.15, 0.2) is 60.7 Å². The summed E-state index contributed by atoms with van der Waals surface area (Å²) >= 11 is 0. The number of methoxy groups -OCH3 is 2. The van der Waals surface area contributed by atoms with E-state index in [9.17, 15) is 4.79 Å². The SMILES string of the molecule is CC[C@H](Oc1ccc2ccccc2c1)C(=O)N[C@@H](C)c1cc(OC)ccc1OC. The van der Waals surface area contributed by atoms with Gasteiger partial charge in [0, 0.05) is 5.56 Å².